The van der Waals surface area contributed by atoms with Crippen LogP contribution >= 0.6 is 0 Å². The van der Waals surface area contributed by atoms with E-state index in [0.29, 0.717) is 0 Å². The van der Waals surface area contributed by atoms with Gasteiger partial charge in [0.1, 0.15) is 5.76 Å². The summed E-state index contributed by atoms with van der Waals surface area (Å²) in [5, 5.41) is 20.8. The quantitative estimate of drug-likeness (QED) is 0.745. The molecule has 4 heteroatoms. The normalized spacial score (nSPS) is 24.2. The molecule has 0 radical (unpaired) electrons. The summed E-state index contributed by atoms with van der Waals surface area (Å²) in [4.78, 5) is 0. The van der Waals surface area contributed by atoms with Gasteiger partial charge >= 0.3 is 0 Å². The van der Waals surface area contributed by atoms with E-state index in [-0.39, 0.29) is 5.76 Å². The molecule has 0 spiro atoms. The molecule has 0 aliphatic carbocycles. The third-order valence-corrected chi connectivity index (χ3v) is 2.34. The van der Waals surface area contributed by atoms with Gasteiger partial charge in [-0.1, -0.05) is 18.2 Å². The lowest BCUT2D eigenvalue weighted by Crippen LogP contribution is -2.40. The molecule has 0 aromatic heterocycles. The summed E-state index contributed by atoms with van der Waals surface area (Å²) in [6, 6.07) is 9.40. The zero-order valence-electron chi connectivity index (χ0n) is 8.96. The maximum atomic E-state index is 9.70. The molecule has 1 aromatic carbocycles. The molecule has 2 rings (SSSR count). The van der Waals surface area contributed by atoms with E-state index in [9.17, 15) is 5.11 Å². The van der Waals surface area contributed by atoms with E-state index >= 15 is 0 Å². The highest BCUT2D eigenvalue weighted by Gasteiger charge is 2.28. The lowest BCUT2D eigenvalue weighted by molar-refractivity contribution is 0.279. The summed E-state index contributed by atoms with van der Waals surface area (Å²) in [6.07, 6.45) is 5.04. The Morgan fingerprint density at radius 2 is 2.00 bits per heavy atom. The summed E-state index contributed by atoms with van der Waals surface area (Å²) < 4.78 is 0. The highest BCUT2D eigenvalue weighted by atomic mass is 16.3. The third kappa shape index (κ3) is 2.11. The molecule has 1 heterocycles. The molecule has 1 unspecified atom stereocenters. The van der Waals surface area contributed by atoms with Crippen molar-refractivity contribution in [2.75, 3.05) is 0 Å². The molecule has 1 atom stereocenters. The molecular weight excluding hydrogens is 202 g/mol. The number of azo groups is 1. The molecule has 0 fully saturated rings. The van der Waals surface area contributed by atoms with E-state index in [4.69, 9.17) is 0 Å². The minimum atomic E-state index is -0.870. The first kappa shape index (κ1) is 10.4. The highest BCUT2D eigenvalue weighted by molar-refractivity contribution is 5.35. The van der Waals surface area contributed by atoms with Crippen molar-refractivity contribution in [3.63, 3.8) is 0 Å². The number of hydrogen-bond donors (Lipinski definition) is 2. The van der Waals surface area contributed by atoms with E-state index < -0.39 is 5.66 Å². The van der Waals surface area contributed by atoms with E-state index in [2.05, 4.69) is 15.5 Å². The Bertz CT molecular complexity index is 451. The second-order valence-electron chi connectivity index (χ2n) is 3.66. The van der Waals surface area contributed by atoms with Crippen LogP contribution in [0.3, 0.4) is 0 Å². The van der Waals surface area contributed by atoms with Crippen molar-refractivity contribution >= 4 is 5.69 Å². The fourth-order valence-electron chi connectivity index (χ4n) is 1.32. The summed E-state index contributed by atoms with van der Waals surface area (Å²) in [6.45, 7) is 1.76. The van der Waals surface area contributed by atoms with Crippen LogP contribution in [0.25, 0.3) is 0 Å². The minimum absolute atomic E-state index is 0.148. The topological polar surface area (TPSA) is 57.0 Å². The Kier molecular flexibility index (Phi) is 2.72. The monoisotopic (exact) mass is 215 g/mol. The van der Waals surface area contributed by atoms with E-state index in [1.165, 1.54) is 0 Å². The first-order valence-corrected chi connectivity index (χ1v) is 5.03. The zero-order chi connectivity index (χ0) is 11.4. The van der Waals surface area contributed by atoms with Crippen LogP contribution in [0.4, 0.5) is 5.69 Å². The molecular formula is C12H13N3O. The van der Waals surface area contributed by atoms with Crippen LogP contribution in [0.1, 0.15) is 6.92 Å². The predicted molar refractivity (Wildman–Crippen MR) is 62.4 cm³/mol. The molecule has 16 heavy (non-hydrogen) atoms. The van der Waals surface area contributed by atoms with Gasteiger partial charge in [0.25, 0.3) is 0 Å². The van der Waals surface area contributed by atoms with Crippen molar-refractivity contribution in [1.29, 1.82) is 0 Å². The molecule has 4 nitrogen and oxygen atoms in total. The molecule has 1 aromatic rings. The Morgan fingerprint density at radius 1 is 1.25 bits per heavy atom. The number of benzene rings is 1. The molecule has 2 N–H and O–H groups in total. The van der Waals surface area contributed by atoms with Crippen molar-refractivity contribution in [1.82, 2.24) is 5.32 Å². The number of nitrogens with zero attached hydrogens (tertiary/aromatic N) is 2. The maximum absolute atomic E-state index is 9.70. The minimum Gasteiger partial charge on any atom is -0.508 e. The van der Waals surface area contributed by atoms with Crippen molar-refractivity contribution in [2.45, 2.75) is 12.6 Å². The molecule has 0 saturated carbocycles. The summed E-state index contributed by atoms with van der Waals surface area (Å²) in [5.74, 6) is 0.148. The first-order chi connectivity index (χ1) is 7.71. The van der Waals surface area contributed by atoms with Gasteiger partial charge in [-0.05, 0) is 37.4 Å². The van der Waals surface area contributed by atoms with Crippen LogP contribution in [-0.2, 0) is 0 Å². The number of nitrogens with one attached hydrogen (secondary N) is 1. The lowest BCUT2D eigenvalue weighted by atomic mass is 10.1. The molecule has 0 bridgehead atoms. The van der Waals surface area contributed by atoms with Gasteiger partial charge in [0.2, 0.25) is 5.66 Å². The largest absolute Gasteiger partial charge is 0.508 e. The van der Waals surface area contributed by atoms with Crippen LogP contribution in [-0.4, -0.2) is 10.8 Å². The first-order valence-electron chi connectivity index (χ1n) is 5.03. The Balaban J connectivity index is 2.19. The van der Waals surface area contributed by atoms with Crippen LogP contribution in [0.15, 0.2) is 64.7 Å². The second-order valence-corrected chi connectivity index (χ2v) is 3.66. The van der Waals surface area contributed by atoms with Gasteiger partial charge in [0.05, 0.1) is 5.69 Å². The van der Waals surface area contributed by atoms with Gasteiger partial charge in [0.15, 0.2) is 0 Å². The van der Waals surface area contributed by atoms with Gasteiger partial charge in [0, 0.05) is 0 Å². The predicted octanol–water partition coefficient (Wildman–Crippen LogP) is 3.05. The summed E-state index contributed by atoms with van der Waals surface area (Å²) in [5.41, 5.74) is -0.113. The number of allylic oxidation sites excluding steroid dienone is 2. The molecule has 82 valence electrons. The van der Waals surface area contributed by atoms with Crippen molar-refractivity contribution in [2.24, 2.45) is 10.2 Å². The lowest BCUT2D eigenvalue weighted by Gasteiger charge is -2.25. The maximum Gasteiger partial charge on any atom is 0.204 e. The number of rotatable bonds is 2. The molecule has 1 aliphatic heterocycles. The Morgan fingerprint density at radius 3 is 2.69 bits per heavy atom. The number of dihydropyridines is 1. The average Bonchev–Trinajstić information content (AvgIpc) is 2.32. The standard InChI is InChI=1S/C12H13N3O/c1-12(11(16)8-5-9-13-12)15-14-10-6-3-2-4-7-10/h2-9,13,16H,1H3/b15-14+. The Hall–Kier alpha value is -2.10. The second kappa shape index (κ2) is 4.18. The van der Waals surface area contributed by atoms with Crippen LogP contribution in [0.2, 0.25) is 0 Å². The van der Waals surface area contributed by atoms with E-state index in [0.717, 1.165) is 5.69 Å². The van der Waals surface area contributed by atoms with Crippen LogP contribution in [0, 0.1) is 0 Å². The van der Waals surface area contributed by atoms with Gasteiger partial charge in [-0.25, -0.2) is 0 Å². The SMILES string of the molecule is CC1(/N=N/c2ccccc2)NC=CC=C1O. The van der Waals surface area contributed by atoms with Gasteiger partial charge in [-0.15, -0.1) is 0 Å². The van der Waals surface area contributed by atoms with Crippen molar-refractivity contribution in [3.8, 4) is 0 Å². The van der Waals surface area contributed by atoms with Gasteiger partial charge in [-0.2, -0.15) is 10.2 Å². The molecule has 0 saturated heterocycles. The zero-order valence-corrected chi connectivity index (χ0v) is 8.96. The number of aliphatic hydroxyl groups is 1. The summed E-state index contributed by atoms with van der Waals surface area (Å²) >= 11 is 0. The smallest absolute Gasteiger partial charge is 0.204 e. The van der Waals surface area contributed by atoms with Gasteiger partial charge in [-0.3, -0.25) is 0 Å². The van der Waals surface area contributed by atoms with Gasteiger partial charge < -0.3 is 10.4 Å². The fraction of sp³-hybridized carbons (Fsp3) is 0.167. The molecule has 0 amide bonds. The number of hydrogen-bond acceptors (Lipinski definition) is 4. The third-order valence-electron chi connectivity index (χ3n) is 2.34. The van der Waals surface area contributed by atoms with E-state index in [1.807, 2.05) is 30.3 Å². The number of aliphatic hydroxyl groups excluding tert-OH is 1. The highest BCUT2D eigenvalue weighted by Crippen LogP contribution is 2.22. The molecule has 1 aliphatic rings. The van der Waals surface area contributed by atoms with Crippen molar-refractivity contribution < 1.29 is 5.11 Å². The van der Waals surface area contributed by atoms with Crippen molar-refractivity contribution in [3.05, 3.63) is 54.4 Å². The summed E-state index contributed by atoms with van der Waals surface area (Å²) in [7, 11) is 0. The van der Waals surface area contributed by atoms with Crippen LogP contribution in [0.5, 0.6) is 0 Å². The van der Waals surface area contributed by atoms with Crippen LogP contribution < -0.4 is 5.32 Å². The Labute approximate surface area is 94.0 Å². The average molecular weight is 215 g/mol. The van der Waals surface area contributed by atoms with E-state index in [1.54, 1.807) is 25.3 Å². The fourth-order valence-corrected chi connectivity index (χ4v) is 1.32.